The molecule has 1 aromatic carbocycles. The van der Waals surface area contributed by atoms with Gasteiger partial charge in [0, 0.05) is 64.1 Å². The van der Waals surface area contributed by atoms with Crippen molar-refractivity contribution in [3.63, 3.8) is 0 Å². The Kier molecular flexibility index (Phi) is 16.1. The van der Waals surface area contributed by atoms with Crippen LogP contribution in [0.15, 0.2) is 52.8 Å². The molecule has 1 aliphatic heterocycles. The van der Waals surface area contributed by atoms with Gasteiger partial charge < -0.3 is 9.80 Å². The average molecular weight is 564 g/mol. The predicted octanol–water partition coefficient (Wildman–Crippen LogP) is 6.96. The highest BCUT2D eigenvalue weighted by molar-refractivity contribution is 6.25. The first-order valence-electron chi connectivity index (χ1n) is 13.7. The van der Waals surface area contributed by atoms with E-state index in [1.54, 1.807) is 31.6 Å². The van der Waals surface area contributed by atoms with Crippen LogP contribution >= 0.6 is 11.6 Å². The van der Waals surface area contributed by atoms with Crippen LogP contribution in [0.1, 0.15) is 59.8 Å². The molecule has 0 aromatic heterocycles. The zero-order chi connectivity index (χ0) is 29.4. The minimum Gasteiger partial charge on any atom is -0.383 e. The van der Waals surface area contributed by atoms with Crippen molar-refractivity contribution in [2.24, 2.45) is 16.9 Å². The Morgan fingerprint density at radius 2 is 1.85 bits per heavy atom. The number of halogens is 2. The van der Waals surface area contributed by atoms with Gasteiger partial charge in [-0.1, -0.05) is 37.9 Å². The quantitative estimate of drug-likeness (QED) is 0.241. The second-order valence-corrected chi connectivity index (χ2v) is 10.5. The van der Waals surface area contributed by atoms with Gasteiger partial charge in [-0.25, -0.2) is 14.2 Å². The Balaban J connectivity index is 0.00000113. The van der Waals surface area contributed by atoms with Crippen LogP contribution in [0.3, 0.4) is 0 Å². The highest BCUT2D eigenvalue weighted by Crippen LogP contribution is 2.23. The molecule has 0 spiro atoms. The van der Waals surface area contributed by atoms with E-state index in [1.807, 2.05) is 50.7 Å². The Hall–Kier alpha value is -2.87. The molecule has 2 rings (SSSR count). The molecule has 1 heterocycles. The second-order valence-electron chi connectivity index (χ2n) is 10.2. The molecule has 1 aromatic rings. The third-order valence-corrected chi connectivity index (χ3v) is 6.78. The Morgan fingerprint density at radius 3 is 2.38 bits per heavy atom. The number of allylic oxidation sites excluding steroid dienone is 2. The molecule has 2 unspecified atom stereocenters. The molecule has 0 aliphatic carbocycles. The predicted molar refractivity (Wildman–Crippen MR) is 162 cm³/mol. The fourth-order valence-corrected chi connectivity index (χ4v) is 4.38. The number of rotatable bonds is 9. The molecule has 9 heteroatoms. The fraction of sp³-hybridized carbons (Fsp3) is 0.567. The zero-order valence-corrected chi connectivity index (χ0v) is 25.5. The van der Waals surface area contributed by atoms with Crippen LogP contribution in [0.2, 0.25) is 0 Å². The summed E-state index contributed by atoms with van der Waals surface area (Å²) >= 11 is 5.17. The monoisotopic (exact) mass is 563 g/mol. The molecule has 0 saturated carbocycles. The van der Waals surface area contributed by atoms with E-state index in [9.17, 15) is 14.0 Å². The third-order valence-electron chi connectivity index (χ3n) is 6.67. The minimum absolute atomic E-state index is 0.0578. The molecule has 39 heavy (non-hydrogen) atoms. The first kappa shape index (κ1) is 34.2. The highest BCUT2D eigenvalue weighted by atomic mass is 35.5. The lowest BCUT2D eigenvalue weighted by Gasteiger charge is -2.28. The molecular formula is C30H47ClFN5O2. The maximum absolute atomic E-state index is 13.3. The van der Waals surface area contributed by atoms with Crippen molar-refractivity contribution in [1.82, 2.24) is 14.8 Å². The Bertz CT molecular complexity index is 965. The number of carbonyl (C=O) groups excluding carboxylic acids is 2. The topological polar surface area (TPSA) is 59.5 Å². The van der Waals surface area contributed by atoms with Crippen LogP contribution in [-0.4, -0.2) is 73.7 Å². The molecule has 7 nitrogen and oxygen atoms in total. The summed E-state index contributed by atoms with van der Waals surface area (Å²) < 4.78 is 13.3. The van der Waals surface area contributed by atoms with E-state index < -0.39 is 0 Å². The van der Waals surface area contributed by atoms with Gasteiger partial charge in [-0.2, -0.15) is 5.10 Å². The molecule has 3 amide bonds. The van der Waals surface area contributed by atoms with Gasteiger partial charge in [-0.15, -0.1) is 0 Å². The number of likely N-dealkylation sites (tertiary alicyclic amines) is 1. The lowest BCUT2D eigenvalue weighted by Crippen LogP contribution is -2.41. The van der Waals surface area contributed by atoms with Gasteiger partial charge in [0.1, 0.15) is 5.82 Å². The molecule has 218 valence electrons. The van der Waals surface area contributed by atoms with Crippen molar-refractivity contribution in [1.29, 1.82) is 0 Å². The van der Waals surface area contributed by atoms with E-state index in [-0.39, 0.29) is 29.6 Å². The summed E-state index contributed by atoms with van der Waals surface area (Å²) in [7, 11) is 5.50. The van der Waals surface area contributed by atoms with Crippen LogP contribution < -0.4 is 4.90 Å². The Morgan fingerprint density at radius 1 is 1.18 bits per heavy atom. The maximum Gasteiger partial charge on any atom is 0.344 e. The van der Waals surface area contributed by atoms with Crippen molar-refractivity contribution in [2.45, 2.75) is 59.8 Å². The smallest absolute Gasteiger partial charge is 0.344 e. The molecule has 0 N–H and O–H groups in total. The van der Waals surface area contributed by atoms with E-state index in [4.69, 9.17) is 11.6 Å². The third kappa shape index (κ3) is 12.7. The molecule has 1 fully saturated rings. The zero-order valence-electron chi connectivity index (χ0n) is 24.7. The van der Waals surface area contributed by atoms with Crippen LogP contribution in [0.25, 0.3) is 0 Å². The summed E-state index contributed by atoms with van der Waals surface area (Å²) in [6.07, 6.45) is 10.0. The van der Waals surface area contributed by atoms with Crippen LogP contribution in [0, 0.1) is 17.7 Å². The molecule has 0 bridgehead atoms. The largest absolute Gasteiger partial charge is 0.383 e. The second kappa shape index (κ2) is 18.4. The number of urea groups is 1. The fourth-order valence-electron chi connectivity index (χ4n) is 4.15. The van der Waals surface area contributed by atoms with Gasteiger partial charge in [0.2, 0.25) is 5.91 Å². The summed E-state index contributed by atoms with van der Waals surface area (Å²) in [5, 5.41) is 5.98. The summed E-state index contributed by atoms with van der Waals surface area (Å²) in [5.41, 5.74) is 3.03. The first-order valence-corrected chi connectivity index (χ1v) is 14.2. The van der Waals surface area contributed by atoms with Crippen molar-refractivity contribution < 1.29 is 14.0 Å². The van der Waals surface area contributed by atoms with Gasteiger partial charge in [-0.05, 0) is 75.3 Å². The van der Waals surface area contributed by atoms with Crippen molar-refractivity contribution in [3.8, 4) is 0 Å². The van der Waals surface area contributed by atoms with E-state index in [0.717, 1.165) is 44.2 Å². The summed E-state index contributed by atoms with van der Waals surface area (Å²) in [6, 6.07) is 5.58. The number of anilines is 1. The summed E-state index contributed by atoms with van der Waals surface area (Å²) in [4.78, 5) is 31.4. The van der Waals surface area contributed by atoms with Crippen LogP contribution in [0.4, 0.5) is 14.9 Å². The molecular weight excluding hydrogens is 517 g/mol. The van der Waals surface area contributed by atoms with Gasteiger partial charge in [0.05, 0.1) is 6.21 Å². The Labute approximate surface area is 240 Å². The SMILES string of the molecule is C/C=C(C)/C=N/N(CC1CCCN(C(=O)C(C)CCC)CC1)C(=O)N(C)c1ccc(F)cc1.CN(C)/C=C/Cl. The van der Waals surface area contributed by atoms with Gasteiger partial charge in [0.15, 0.2) is 0 Å². The van der Waals surface area contributed by atoms with Gasteiger partial charge in [0.25, 0.3) is 0 Å². The lowest BCUT2D eigenvalue weighted by molar-refractivity contribution is -0.135. The minimum atomic E-state index is -0.344. The number of hydrogen-bond acceptors (Lipinski definition) is 4. The summed E-state index contributed by atoms with van der Waals surface area (Å²) in [6.45, 7) is 9.94. The van der Waals surface area contributed by atoms with Crippen molar-refractivity contribution >= 4 is 35.4 Å². The van der Waals surface area contributed by atoms with E-state index in [1.165, 1.54) is 27.6 Å². The van der Waals surface area contributed by atoms with Crippen molar-refractivity contribution in [2.75, 3.05) is 45.7 Å². The first-order chi connectivity index (χ1) is 18.5. The normalized spacial score (nSPS) is 16.9. The van der Waals surface area contributed by atoms with Crippen molar-refractivity contribution in [3.05, 3.63) is 53.5 Å². The van der Waals surface area contributed by atoms with Gasteiger partial charge >= 0.3 is 6.03 Å². The molecule has 1 aliphatic rings. The molecule has 1 saturated heterocycles. The molecule has 0 radical (unpaired) electrons. The number of hydrogen-bond donors (Lipinski definition) is 0. The number of nitrogens with zero attached hydrogens (tertiary/aromatic N) is 5. The molecule has 2 atom stereocenters. The highest BCUT2D eigenvalue weighted by Gasteiger charge is 2.27. The van der Waals surface area contributed by atoms with E-state index in [2.05, 4.69) is 12.0 Å². The van der Waals surface area contributed by atoms with E-state index >= 15 is 0 Å². The maximum atomic E-state index is 13.3. The number of benzene rings is 1. The average Bonchev–Trinajstić information content (AvgIpc) is 3.16. The van der Waals surface area contributed by atoms with Crippen LogP contribution in [-0.2, 0) is 4.79 Å². The number of hydrazone groups is 1. The van der Waals surface area contributed by atoms with Gasteiger partial charge in [-0.3, -0.25) is 9.69 Å². The van der Waals surface area contributed by atoms with Crippen LogP contribution in [0.5, 0.6) is 0 Å². The standard InChI is InChI=1S/C26H39FN4O2.C4H8ClN/c1-6-9-21(4)25(32)30-16-8-10-22(15-17-30)19-31(28-18-20(3)7-2)26(33)29(5)24-13-11-23(27)12-14-24;1-6(2)4-3-5/h7,11-14,18,21-22H,6,8-10,15-17,19H2,1-5H3;3-4H,1-2H3/b20-7+,28-18+;4-3+. The number of amides is 3. The number of carbonyl (C=O) groups is 2. The van der Waals surface area contributed by atoms with E-state index in [0.29, 0.717) is 18.8 Å². The lowest BCUT2D eigenvalue weighted by atomic mass is 10.0. The summed E-state index contributed by atoms with van der Waals surface area (Å²) in [5.74, 6) is 0.201.